The maximum absolute atomic E-state index is 10.5. The molecule has 0 unspecified atom stereocenters. The molecule has 1 aromatic rings. The molecule has 0 bridgehead atoms. The minimum absolute atomic E-state index is 0.0995. The SMILES string of the molecule is C/[NH+]=C/C(=CN(C)C)c1ccc([N+](=O)[O-])cc1.F[B-](F)(F)F. The van der Waals surface area contributed by atoms with Gasteiger partial charge in [-0.1, -0.05) is 0 Å². The second-order valence-corrected chi connectivity index (χ2v) is 4.28. The van der Waals surface area contributed by atoms with Crippen molar-refractivity contribution in [3.05, 3.63) is 46.1 Å². The van der Waals surface area contributed by atoms with Crippen LogP contribution < -0.4 is 4.99 Å². The fraction of sp³-hybridized carbons (Fsp3) is 0.250. The Hall–Kier alpha value is -2.39. The van der Waals surface area contributed by atoms with Gasteiger partial charge in [-0.25, -0.2) is 0 Å². The van der Waals surface area contributed by atoms with Crippen molar-refractivity contribution >= 4 is 24.7 Å². The van der Waals surface area contributed by atoms with E-state index in [1.165, 1.54) is 12.1 Å². The van der Waals surface area contributed by atoms with Crippen LogP contribution in [-0.4, -0.2) is 44.4 Å². The van der Waals surface area contributed by atoms with Crippen LogP contribution >= 0.6 is 0 Å². The number of halogens is 4. The zero-order valence-corrected chi connectivity index (χ0v) is 12.3. The van der Waals surface area contributed by atoms with Crippen LogP contribution in [0.1, 0.15) is 5.56 Å². The summed E-state index contributed by atoms with van der Waals surface area (Å²) in [7, 11) is -0.335. The molecule has 0 aliphatic carbocycles. The van der Waals surface area contributed by atoms with Crippen molar-refractivity contribution in [2.75, 3.05) is 21.1 Å². The highest BCUT2D eigenvalue weighted by atomic mass is 19.5. The summed E-state index contributed by atoms with van der Waals surface area (Å²) in [4.78, 5) is 15.0. The average Bonchev–Trinajstić information content (AvgIpc) is 2.36. The van der Waals surface area contributed by atoms with Crippen molar-refractivity contribution in [1.29, 1.82) is 0 Å². The van der Waals surface area contributed by atoms with Gasteiger partial charge in [-0.3, -0.25) is 15.1 Å². The maximum Gasteiger partial charge on any atom is 0.673 e. The summed E-state index contributed by atoms with van der Waals surface area (Å²) < 4.78 is 39.0. The third-order valence-electron chi connectivity index (χ3n) is 2.11. The Balaban J connectivity index is 0.000000763. The largest absolute Gasteiger partial charge is 0.673 e. The summed E-state index contributed by atoms with van der Waals surface area (Å²) in [5.74, 6) is 0. The predicted molar refractivity (Wildman–Crippen MR) is 77.9 cm³/mol. The average molecular weight is 321 g/mol. The Morgan fingerprint density at radius 2 is 1.68 bits per heavy atom. The van der Waals surface area contributed by atoms with E-state index in [2.05, 4.69) is 4.99 Å². The molecule has 10 heteroatoms. The molecule has 0 aromatic heterocycles. The molecule has 0 aliphatic rings. The van der Waals surface area contributed by atoms with Crippen LogP contribution in [0.25, 0.3) is 5.57 Å². The summed E-state index contributed by atoms with van der Waals surface area (Å²) in [5.41, 5.74) is 1.99. The van der Waals surface area contributed by atoms with E-state index in [9.17, 15) is 27.4 Å². The van der Waals surface area contributed by atoms with Gasteiger partial charge >= 0.3 is 7.25 Å². The number of non-ortho nitro benzene ring substituents is 1. The quantitative estimate of drug-likeness (QED) is 0.301. The van der Waals surface area contributed by atoms with Crippen molar-refractivity contribution in [1.82, 2.24) is 4.90 Å². The first-order valence-corrected chi connectivity index (χ1v) is 6.05. The van der Waals surface area contributed by atoms with Gasteiger partial charge in [-0.05, 0) is 17.7 Å². The zero-order valence-electron chi connectivity index (χ0n) is 12.3. The van der Waals surface area contributed by atoms with Crippen LogP contribution in [0.2, 0.25) is 0 Å². The Morgan fingerprint density at radius 3 is 2.00 bits per heavy atom. The summed E-state index contributed by atoms with van der Waals surface area (Å²) in [5, 5.41) is 10.5. The van der Waals surface area contributed by atoms with E-state index in [0.29, 0.717) is 0 Å². The molecule has 0 radical (unpaired) electrons. The molecule has 0 saturated heterocycles. The maximum atomic E-state index is 10.5. The second kappa shape index (κ2) is 8.80. The molecule has 0 spiro atoms. The Morgan fingerprint density at radius 1 is 1.23 bits per heavy atom. The lowest BCUT2D eigenvalue weighted by atomic mass is 10.1. The Kier molecular flexibility index (Phi) is 7.85. The van der Waals surface area contributed by atoms with E-state index < -0.39 is 12.2 Å². The van der Waals surface area contributed by atoms with Crippen molar-refractivity contribution in [3.63, 3.8) is 0 Å². The van der Waals surface area contributed by atoms with E-state index in [-0.39, 0.29) is 5.69 Å². The molecule has 22 heavy (non-hydrogen) atoms. The number of hydrogen-bond donors (Lipinski definition) is 1. The smallest absolute Gasteiger partial charge is 0.418 e. The lowest BCUT2D eigenvalue weighted by molar-refractivity contribution is -0.412. The molecule has 0 atom stereocenters. The Labute approximate surface area is 125 Å². The summed E-state index contributed by atoms with van der Waals surface area (Å²) in [6.45, 7) is 0. The molecule has 0 fully saturated rings. The lowest BCUT2D eigenvalue weighted by Crippen LogP contribution is -2.63. The van der Waals surface area contributed by atoms with Gasteiger partial charge in [0, 0.05) is 32.4 Å². The van der Waals surface area contributed by atoms with E-state index >= 15 is 0 Å². The highest BCUT2D eigenvalue weighted by Gasteiger charge is 2.20. The van der Waals surface area contributed by atoms with Crippen LogP contribution in [0, 0.1) is 10.1 Å². The van der Waals surface area contributed by atoms with Gasteiger partial charge in [0.2, 0.25) is 0 Å². The van der Waals surface area contributed by atoms with E-state index in [1.54, 1.807) is 12.1 Å². The number of nitro benzene ring substituents is 1. The molecule has 122 valence electrons. The van der Waals surface area contributed by atoms with Gasteiger partial charge in [0.1, 0.15) is 7.05 Å². The van der Waals surface area contributed by atoms with Crippen LogP contribution in [0.3, 0.4) is 0 Å². The molecular weight excluding hydrogens is 305 g/mol. The van der Waals surface area contributed by atoms with Gasteiger partial charge in [-0.15, -0.1) is 0 Å². The van der Waals surface area contributed by atoms with E-state index in [1.807, 2.05) is 38.5 Å². The van der Waals surface area contributed by atoms with Crippen molar-refractivity contribution < 1.29 is 27.2 Å². The summed E-state index contributed by atoms with van der Waals surface area (Å²) in [6.07, 6.45) is 3.79. The standard InChI is InChI=1S/C12H15N3O2.BF4/c1-13-8-11(9-14(2)3)10-4-6-12(7-5-10)15(16)17;2-1(3,4)5/h4-9H,1-3H3;/q;-1/p+1/b11-9?,13-8+;. The van der Waals surface area contributed by atoms with Crippen LogP contribution in [0.4, 0.5) is 23.0 Å². The predicted octanol–water partition coefficient (Wildman–Crippen LogP) is 1.58. The number of nitrogens with one attached hydrogen (secondary N) is 1. The number of benzene rings is 1. The number of allylic oxidation sites excluding steroid dienone is 1. The van der Waals surface area contributed by atoms with Gasteiger partial charge in [0.05, 0.1) is 10.5 Å². The summed E-state index contributed by atoms with van der Waals surface area (Å²) in [6, 6.07) is 6.48. The summed E-state index contributed by atoms with van der Waals surface area (Å²) >= 11 is 0. The molecule has 0 saturated carbocycles. The third kappa shape index (κ3) is 9.51. The van der Waals surface area contributed by atoms with Gasteiger partial charge in [0.25, 0.3) is 5.69 Å². The van der Waals surface area contributed by atoms with E-state index in [0.717, 1.165) is 11.1 Å². The minimum Gasteiger partial charge on any atom is -0.418 e. The number of rotatable bonds is 4. The normalized spacial score (nSPS) is 11.9. The fourth-order valence-corrected chi connectivity index (χ4v) is 1.40. The fourth-order valence-electron chi connectivity index (χ4n) is 1.40. The zero-order chi connectivity index (χ0) is 17.3. The number of nitro groups is 1. The van der Waals surface area contributed by atoms with Crippen molar-refractivity contribution in [2.45, 2.75) is 0 Å². The molecule has 5 nitrogen and oxygen atoms in total. The van der Waals surface area contributed by atoms with Gasteiger partial charge in [-0.2, -0.15) is 0 Å². The highest BCUT2D eigenvalue weighted by molar-refractivity contribution is 6.50. The molecular formula is C12H16BF4N3O2. The van der Waals surface area contributed by atoms with Crippen LogP contribution in [0.15, 0.2) is 30.5 Å². The van der Waals surface area contributed by atoms with E-state index in [4.69, 9.17) is 0 Å². The number of nitrogens with zero attached hydrogens (tertiary/aromatic N) is 2. The first-order valence-electron chi connectivity index (χ1n) is 6.05. The van der Waals surface area contributed by atoms with Gasteiger partial charge in [0.15, 0.2) is 6.21 Å². The molecule has 0 aliphatic heterocycles. The molecule has 1 rings (SSSR count). The molecule has 0 amide bonds. The van der Waals surface area contributed by atoms with Crippen molar-refractivity contribution in [3.8, 4) is 0 Å². The topological polar surface area (TPSA) is 60.3 Å². The monoisotopic (exact) mass is 321 g/mol. The lowest BCUT2D eigenvalue weighted by Gasteiger charge is -2.07. The van der Waals surface area contributed by atoms with Gasteiger partial charge < -0.3 is 22.2 Å². The Bertz CT molecular complexity index is 536. The van der Waals surface area contributed by atoms with Crippen LogP contribution in [-0.2, 0) is 0 Å². The first-order chi connectivity index (χ1) is 10.0. The molecule has 1 N–H and O–H groups in total. The highest BCUT2D eigenvalue weighted by Crippen LogP contribution is 2.17. The second-order valence-electron chi connectivity index (χ2n) is 4.28. The van der Waals surface area contributed by atoms with Crippen molar-refractivity contribution in [2.24, 2.45) is 0 Å². The molecule has 1 aromatic carbocycles. The molecule has 0 heterocycles. The first kappa shape index (κ1) is 19.6. The third-order valence-corrected chi connectivity index (χ3v) is 2.11. The minimum atomic E-state index is -6.00. The van der Waals surface area contributed by atoms with Crippen LogP contribution in [0.5, 0.6) is 0 Å². The number of hydrogen-bond acceptors (Lipinski definition) is 3.